The Bertz CT molecular complexity index is 733. The maximum absolute atomic E-state index is 12.0. The molecule has 2 rings (SSSR count). The van der Waals surface area contributed by atoms with Crippen molar-refractivity contribution in [1.29, 1.82) is 0 Å². The average Bonchev–Trinajstić information content (AvgIpc) is 2.57. The fourth-order valence-electron chi connectivity index (χ4n) is 4.13. The summed E-state index contributed by atoms with van der Waals surface area (Å²) in [5.74, 6) is -1.04. The summed E-state index contributed by atoms with van der Waals surface area (Å²) in [5.41, 5.74) is -2.08. The quantitative estimate of drug-likeness (QED) is 0.613. The van der Waals surface area contributed by atoms with Crippen molar-refractivity contribution < 1.29 is 10.2 Å². The van der Waals surface area contributed by atoms with Crippen molar-refractivity contribution in [3.05, 3.63) is 29.8 Å². The fraction of sp³-hybridized carbons (Fsp3) is 0.625. The predicted octanol–water partition coefficient (Wildman–Crippen LogP) is -1.95. The number of hydrogen-bond donors (Lipinski definition) is 2. The molecule has 3 nitrogen and oxygen atoms in total. The first-order chi connectivity index (χ1) is 12.8. The summed E-state index contributed by atoms with van der Waals surface area (Å²) in [5, 5.41) is 9.49. The second kappa shape index (κ2) is 7.05. The third-order valence-electron chi connectivity index (χ3n) is 6.35. The molecule has 1 aliphatic carbocycles. The lowest BCUT2D eigenvalue weighted by molar-refractivity contribution is -0.0632. The van der Waals surface area contributed by atoms with E-state index in [9.17, 15) is 10.2 Å². The van der Waals surface area contributed by atoms with Gasteiger partial charge in [-0.15, -0.1) is 15.6 Å². The molecule has 0 saturated heterocycles. The first-order valence-electron chi connectivity index (χ1n) is 8.85. The van der Waals surface area contributed by atoms with Gasteiger partial charge in [0.1, 0.15) is 5.75 Å². The van der Waals surface area contributed by atoms with Crippen LogP contribution in [0.25, 0.3) is 0 Å². The molecule has 0 heterocycles. The number of hydrogen-bond acceptors (Lipinski definition) is 3. The highest BCUT2D eigenvalue weighted by Gasteiger charge is 2.72. The Morgan fingerprint density at radius 1 is 0.724 bits per heavy atom. The Hall–Kier alpha value is -0.411. The number of nitrogens with zero attached hydrogens (tertiary/aromatic N) is 1. The molecule has 1 aromatic carbocycles. The van der Waals surface area contributed by atoms with Crippen molar-refractivity contribution in [3.8, 4) is 5.75 Å². The van der Waals surface area contributed by atoms with E-state index in [0.29, 0.717) is 5.56 Å². The molecule has 1 aliphatic rings. The minimum atomic E-state index is -2.53. The minimum absolute atomic E-state index is 0.00608. The molecule has 1 fully saturated rings. The van der Waals surface area contributed by atoms with Gasteiger partial charge in [-0.2, -0.15) is 0 Å². The molecule has 0 spiro atoms. The molecule has 0 aliphatic heterocycles. The zero-order valence-corrected chi connectivity index (χ0v) is 16.7. The van der Waals surface area contributed by atoms with Crippen molar-refractivity contribution in [3.63, 3.8) is 0 Å². The molecule has 1 unspecified atom stereocenters. The molecule has 0 bridgehead atoms. The average molecular weight is 361 g/mol. The van der Waals surface area contributed by atoms with Crippen LogP contribution >= 0.6 is 0 Å². The molecule has 20 radical (unpaired) electrons. The highest BCUT2D eigenvalue weighted by Crippen LogP contribution is 2.83. The van der Waals surface area contributed by atoms with Crippen LogP contribution in [0.15, 0.2) is 24.3 Å². The van der Waals surface area contributed by atoms with Gasteiger partial charge in [-0.1, -0.05) is 22.6 Å². The van der Waals surface area contributed by atoms with E-state index in [1.165, 1.54) is 24.3 Å². The van der Waals surface area contributed by atoms with E-state index < -0.39 is 37.6 Å². The molecule has 0 amide bonds. The monoisotopic (exact) mass is 363 g/mol. The van der Waals surface area contributed by atoms with E-state index >= 15 is 0 Å². The van der Waals surface area contributed by atoms with E-state index in [1.54, 1.807) is 19.0 Å². The maximum Gasteiger partial charge on any atom is 0.115 e. The highest BCUT2D eigenvalue weighted by atomic mass is 16.3. The lowest BCUT2D eigenvalue weighted by Crippen LogP contribution is -2.74. The number of phenolic OH excluding ortho intramolecular Hbond substituents is 1. The van der Waals surface area contributed by atoms with E-state index in [-0.39, 0.29) is 12.3 Å². The first-order valence-corrected chi connectivity index (χ1v) is 8.85. The molecule has 1 atom stereocenters. The molecule has 1 aromatic rings. The number of aliphatic hydroxyl groups is 1. The van der Waals surface area contributed by atoms with Crippen molar-refractivity contribution in [1.82, 2.24) is 4.90 Å². The van der Waals surface area contributed by atoms with Gasteiger partial charge in [0.15, 0.2) is 0 Å². The molecule has 0 aromatic heterocycles. The van der Waals surface area contributed by atoms with Gasteiger partial charge in [0.2, 0.25) is 0 Å². The number of phenols is 1. The molecular formula is C16H15B10NO2. The van der Waals surface area contributed by atoms with Crippen LogP contribution in [0, 0.1) is 0 Å². The fourth-order valence-corrected chi connectivity index (χ4v) is 4.13. The second-order valence-corrected chi connectivity index (χ2v) is 8.52. The zero-order valence-electron chi connectivity index (χ0n) is 16.7. The van der Waals surface area contributed by atoms with Crippen LogP contribution in [-0.4, -0.2) is 120 Å². The maximum atomic E-state index is 12.0. The molecule has 126 valence electrons. The van der Waals surface area contributed by atoms with Crippen LogP contribution in [0.4, 0.5) is 0 Å². The van der Waals surface area contributed by atoms with Crippen LogP contribution in [0.2, 0.25) is 26.1 Å². The zero-order chi connectivity index (χ0) is 22.8. The van der Waals surface area contributed by atoms with E-state index in [2.05, 4.69) is 0 Å². The van der Waals surface area contributed by atoms with Gasteiger partial charge in [-0.3, -0.25) is 0 Å². The lowest BCUT2D eigenvalue weighted by Gasteiger charge is -2.81. The Kier molecular flexibility index (Phi) is 6.04. The normalized spacial score (nSPS) is 26.5. The molecule has 13 heteroatoms. The lowest BCUT2D eigenvalue weighted by atomic mass is 8.99. The minimum Gasteiger partial charge on any atom is -0.508 e. The van der Waals surface area contributed by atoms with Crippen LogP contribution < -0.4 is 0 Å². The Morgan fingerprint density at radius 2 is 1.07 bits per heavy atom. The highest BCUT2D eigenvalue weighted by molar-refractivity contribution is 6.70. The molecule has 2 N–H and O–H groups in total. The summed E-state index contributed by atoms with van der Waals surface area (Å²) in [6.07, 6.45) is 0. The van der Waals surface area contributed by atoms with Gasteiger partial charge in [0.05, 0.1) is 84.1 Å². The Labute approximate surface area is 187 Å². The number of rotatable bonds is 4. The van der Waals surface area contributed by atoms with Gasteiger partial charge in [0.25, 0.3) is 0 Å². The Morgan fingerprint density at radius 3 is 1.41 bits per heavy atom. The van der Waals surface area contributed by atoms with Crippen molar-refractivity contribution >= 4 is 78.5 Å². The van der Waals surface area contributed by atoms with Gasteiger partial charge in [0, 0.05) is 12.5 Å². The predicted molar refractivity (Wildman–Crippen MR) is 125 cm³/mol. The van der Waals surface area contributed by atoms with Crippen molar-refractivity contribution in [2.24, 2.45) is 0 Å². The van der Waals surface area contributed by atoms with Gasteiger partial charge in [-0.25, -0.2) is 0 Å². The van der Waals surface area contributed by atoms with Crippen LogP contribution in [0.5, 0.6) is 5.75 Å². The van der Waals surface area contributed by atoms with Crippen molar-refractivity contribution in [2.45, 2.75) is 37.6 Å². The molecule has 29 heavy (non-hydrogen) atoms. The second-order valence-electron chi connectivity index (χ2n) is 8.52. The summed E-state index contributed by atoms with van der Waals surface area (Å²) in [7, 11) is 65.6. The summed E-state index contributed by atoms with van der Waals surface area (Å²) in [6, 6.07) is 5.87. The first kappa shape index (κ1) is 24.9. The van der Waals surface area contributed by atoms with E-state index in [0.717, 1.165) is 0 Å². The smallest absolute Gasteiger partial charge is 0.115 e. The summed E-state index contributed by atoms with van der Waals surface area (Å²) in [4.78, 5) is 1.72. The van der Waals surface area contributed by atoms with Gasteiger partial charge < -0.3 is 15.1 Å². The Balaban J connectivity index is 2.89. The van der Waals surface area contributed by atoms with Gasteiger partial charge >= 0.3 is 0 Å². The number of benzene rings is 1. The standard InChI is InChI=1S/C16H15B10NO2/c1-27(2)7-10(8-3-5-9(28)6-4-8)11(29)12(17,18)14(21,22)16(25,26)15(23,24)13(11,19)20/h3-6,10,28-29H,7H2,1-2H3. The number of likely N-dealkylation sites (N-methyl/N-ethyl adjacent to an activating group) is 1. The van der Waals surface area contributed by atoms with Crippen LogP contribution in [-0.2, 0) is 0 Å². The molecular weight excluding hydrogens is 346 g/mol. The molecule has 1 saturated carbocycles. The third-order valence-corrected chi connectivity index (χ3v) is 6.35. The van der Waals surface area contributed by atoms with Crippen LogP contribution in [0.3, 0.4) is 0 Å². The SMILES string of the molecule is [B]C1([B])C([B])([B])C([B])([B])C(O)(C(CN(C)C)c2ccc(O)cc2)C([B])([B])C1([B])[B]. The van der Waals surface area contributed by atoms with Crippen LogP contribution in [0.1, 0.15) is 11.5 Å². The van der Waals surface area contributed by atoms with Crippen molar-refractivity contribution in [2.75, 3.05) is 20.6 Å². The van der Waals surface area contributed by atoms with E-state index in [1.807, 2.05) is 0 Å². The summed E-state index contributed by atoms with van der Waals surface area (Å²) >= 11 is 0. The number of aromatic hydroxyl groups is 1. The largest absolute Gasteiger partial charge is 0.508 e. The topological polar surface area (TPSA) is 43.7 Å². The van der Waals surface area contributed by atoms with E-state index in [4.69, 9.17) is 78.5 Å². The third kappa shape index (κ3) is 3.00. The van der Waals surface area contributed by atoms with Gasteiger partial charge in [-0.05, 0) is 31.8 Å². The summed E-state index contributed by atoms with van der Waals surface area (Å²) in [6.45, 7) is 0.113. The summed E-state index contributed by atoms with van der Waals surface area (Å²) < 4.78 is 0.